The number of carboxylic acids is 1. The van der Waals surface area contributed by atoms with Crippen molar-refractivity contribution in [1.82, 2.24) is 10.2 Å². The van der Waals surface area contributed by atoms with E-state index in [-0.39, 0.29) is 29.5 Å². The van der Waals surface area contributed by atoms with Crippen LogP contribution in [0.15, 0.2) is 17.0 Å². The Hall–Kier alpha value is -2.46. The van der Waals surface area contributed by atoms with Gasteiger partial charge in [0.05, 0.1) is 4.90 Å². The molecule has 0 bridgehead atoms. The third-order valence-corrected chi connectivity index (χ3v) is 5.02. The third kappa shape index (κ3) is 5.27. The molecule has 10 heteroatoms. The van der Waals surface area contributed by atoms with Crippen LogP contribution in [-0.4, -0.2) is 55.3 Å². The lowest BCUT2D eigenvalue weighted by Crippen LogP contribution is -2.46. The summed E-state index contributed by atoms with van der Waals surface area (Å²) in [7, 11) is -4.05. The highest BCUT2D eigenvalue weighted by atomic mass is 32.2. The van der Waals surface area contributed by atoms with Gasteiger partial charge in [-0.05, 0) is 44.0 Å². The van der Waals surface area contributed by atoms with E-state index in [1.807, 2.05) is 0 Å². The zero-order chi connectivity index (χ0) is 20.2. The molecule has 26 heavy (non-hydrogen) atoms. The zero-order valence-corrected chi connectivity index (χ0v) is 15.9. The van der Waals surface area contributed by atoms with Crippen LogP contribution in [0.5, 0.6) is 0 Å². The van der Waals surface area contributed by atoms with Crippen molar-refractivity contribution in [2.45, 2.75) is 38.6 Å². The number of benzene rings is 1. The Labute approximate surface area is 152 Å². The number of amides is 2. The molecular weight excluding hydrogens is 362 g/mol. The molecular formula is C16H23N3O6S. The molecule has 1 unspecified atom stereocenters. The van der Waals surface area contributed by atoms with Gasteiger partial charge >= 0.3 is 5.97 Å². The molecule has 0 radical (unpaired) electrons. The van der Waals surface area contributed by atoms with Crippen molar-refractivity contribution < 1.29 is 27.9 Å². The van der Waals surface area contributed by atoms with Crippen molar-refractivity contribution in [2.75, 3.05) is 13.1 Å². The molecule has 1 atom stereocenters. The van der Waals surface area contributed by atoms with Crippen LogP contribution >= 0.6 is 0 Å². The van der Waals surface area contributed by atoms with Gasteiger partial charge in [-0.2, -0.15) is 0 Å². The van der Waals surface area contributed by atoms with Gasteiger partial charge in [0.1, 0.15) is 6.04 Å². The van der Waals surface area contributed by atoms with Crippen LogP contribution in [0.3, 0.4) is 0 Å². The number of carboxylic acid groups (broad SMARTS) is 1. The van der Waals surface area contributed by atoms with Crippen molar-refractivity contribution in [1.29, 1.82) is 0 Å². The summed E-state index contributed by atoms with van der Waals surface area (Å²) in [6, 6.07) is 1.45. The second-order valence-electron chi connectivity index (χ2n) is 5.96. The van der Waals surface area contributed by atoms with E-state index in [1.54, 1.807) is 13.8 Å². The molecule has 0 aliphatic heterocycles. The fourth-order valence-corrected chi connectivity index (χ4v) is 3.25. The first-order chi connectivity index (χ1) is 11.9. The van der Waals surface area contributed by atoms with Crippen LogP contribution in [-0.2, 0) is 19.6 Å². The number of aryl methyl sites for hydroxylation is 1. The maximum absolute atomic E-state index is 12.8. The molecule has 144 valence electrons. The lowest BCUT2D eigenvalue weighted by atomic mass is 10.0. The molecule has 0 aromatic heterocycles. The summed E-state index contributed by atoms with van der Waals surface area (Å²) >= 11 is 0. The van der Waals surface area contributed by atoms with Gasteiger partial charge < -0.3 is 15.3 Å². The lowest BCUT2D eigenvalue weighted by molar-refractivity contribution is -0.141. The predicted molar refractivity (Wildman–Crippen MR) is 94.1 cm³/mol. The molecule has 0 saturated heterocycles. The Balaban J connectivity index is 3.32. The molecule has 0 spiro atoms. The van der Waals surface area contributed by atoms with E-state index in [0.29, 0.717) is 11.1 Å². The van der Waals surface area contributed by atoms with E-state index in [1.165, 1.54) is 19.9 Å². The first-order valence-electron chi connectivity index (χ1n) is 7.78. The summed E-state index contributed by atoms with van der Waals surface area (Å²) in [4.78, 5) is 36.0. The average Bonchev–Trinajstić information content (AvgIpc) is 2.51. The number of nitrogens with two attached hydrogens (primary N) is 1. The number of nitrogens with one attached hydrogen (secondary N) is 1. The van der Waals surface area contributed by atoms with Crippen molar-refractivity contribution >= 4 is 27.8 Å². The van der Waals surface area contributed by atoms with E-state index in [0.717, 1.165) is 11.0 Å². The van der Waals surface area contributed by atoms with Gasteiger partial charge in [-0.25, -0.2) is 18.4 Å². The first-order valence-corrected chi connectivity index (χ1v) is 9.33. The fraction of sp³-hybridized carbons (Fsp3) is 0.438. The maximum atomic E-state index is 12.8. The van der Waals surface area contributed by atoms with Crippen molar-refractivity contribution in [3.63, 3.8) is 0 Å². The smallest absolute Gasteiger partial charge is 0.326 e. The van der Waals surface area contributed by atoms with Gasteiger partial charge in [0.25, 0.3) is 5.91 Å². The predicted octanol–water partition coefficient (Wildman–Crippen LogP) is 0.00224. The highest BCUT2D eigenvalue weighted by Gasteiger charge is 2.28. The van der Waals surface area contributed by atoms with Crippen LogP contribution in [0.2, 0.25) is 0 Å². The Morgan fingerprint density at radius 3 is 2.31 bits per heavy atom. The highest BCUT2D eigenvalue weighted by molar-refractivity contribution is 7.89. The minimum absolute atomic E-state index is 0.00745. The number of aliphatic carboxylic acids is 1. The zero-order valence-electron chi connectivity index (χ0n) is 15.1. The Bertz CT molecular complexity index is 835. The van der Waals surface area contributed by atoms with Gasteiger partial charge in [-0.1, -0.05) is 0 Å². The quantitative estimate of drug-likeness (QED) is 0.602. The minimum atomic E-state index is -4.05. The van der Waals surface area contributed by atoms with Gasteiger partial charge in [-0.15, -0.1) is 0 Å². The van der Waals surface area contributed by atoms with Gasteiger partial charge in [0.2, 0.25) is 15.9 Å². The van der Waals surface area contributed by atoms with Crippen molar-refractivity contribution in [3.8, 4) is 0 Å². The number of hydrogen-bond donors (Lipinski definition) is 3. The molecule has 1 aromatic carbocycles. The summed E-state index contributed by atoms with van der Waals surface area (Å²) in [5.74, 6) is -2.21. The Morgan fingerprint density at radius 2 is 1.85 bits per heavy atom. The average molecular weight is 385 g/mol. The monoisotopic (exact) mass is 385 g/mol. The summed E-state index contributed by atoms with van der Waals surface area (Å²) in [5.41, 5.74) is 0.956. The summed E-state index contributed by atoms with van der Waals surface area (Å²) < 4.78 is 23.5. The molecule has 0 aliphatic rings. The summed E-state index contributed by atoms with van der Waals surface area (Å²) in [5, 5.41) is 16.9. The second-order valence-corrected chi connectivity index (χ2v) is 7.49. The highest BCUT2D eigenvalue weighted by Crippen LogP contribution is 2.21. The van der Waals surface area contributed by atoms with E-state index in [2.05, 4.69) is 5.32 Å². The molecule has 1 rings (SSSR count). The van der Waals surface area contributed by atoms with Gasteiger partial charge in [0, 0.05) is 25.6 Å². The summed E-state index contributed by atoms with van der Waals surface area (Å²) in [6.45, 7) is 5.83. The second kappa shape index (κ2) is 8.28. The topological polar surface area (TPSA) is 147 Å². The molecule has 9 nitrogen and oxygen atoms in total. The number of nitrogens with zero attached hydrogens (tertiary/aromatic N) is 1. The molecule has 0 fully saturated rings. The van der Waals surface area contributed by atoms with Crippen LogP contribution in [0.1, 0.15) is 35.3 Å². The summed E-state index contributed by atoms with van der Waals surface area (Å²) in [6.07, 6.45) is 0. The number of carbonyl (C=O) groups is 3. The molecule has 2 amide bonds. The van der Waals surface area contributed by atoms with Crippen molar-refractivity contribution in [2.24, 2.45) is 5.14 Å². The molecule has 0 heterocycles. The maximum Gasteiger partial charge on any atom is 0.326 e. The lowest BCUT2D eigenvalue weighted by Gasteiger charge is -2.27. The van der Waals surface area contributed by atoms with E-state index < -0.39 is 27.9 Å². The van der Waals surface area contributed by atoms with Gasteiger partial charge in [0.15, 0.2) is 0 Å². The van der Waals surface area contributed by atoms with Crippen molar-refractivity contribution in [3.05, 3.63) is 28.8 Å². The number of primary sulfonamides is 1. The Morgan fingerprint density at radius 1 is 1.27 bits per heavy atom. The molecule has 1 aromatic rings. The largest absolute Gasteiger partial charge is 0.480 e. The minimum Gasteiger partial charge on any atom is -0.480 e. The third-order valence-electron chi connectivity index (χ3n) is 3.99. The fourth-order valence-electron chi connectivity index (χ4n) is 2.37. The van der Waals surface area contributed by atoms with E-state index >= 15 is 0 Å². The molecule has 0 saturated carbocycles. The first kappa shape index (κ1) is 21.6. The number of hydrogen-bond acceptors (Lipinski definition) is 5. The SMILES string of the molecule is CC(=O)NCCN(C(=O)c1cc(C)c(C)c(S(N)(=O)=O)c1)C(C)C(=O)O. The van der Waals surface area contributed by atoms with Crippen LogP contribution in [0, 0.1) is 13.8 Å². The standard InChI is InChI=1S/C16H23N3O6S/c1-9-7-13(8-14(10(9)2)26(17,24)25)15(21)19(11(3)16(22)23)6-5-18-12(4)20/h7-8,11H,5-6H2,1-4H3,(H,18,20)(H,22,23)(H2,17,24,25). The van der Waals surface area contributed by atoms with Crippen LogP contribution in [0.4, 0.5) is 0 Å². The Kier molecular flexibility index (Phi) is 6.87. The number of rotatable bonds is 7. The van der Waals surface area contributed by atoms with Crippen LogP contribution in [0.25, 0.3) is 0 Å². The number of carbonyl (C=O) groups excluding carboxylic acids is 2. The molecule has 0 aliphatic carbocycles. The van der Waals surface area contributed by atoms with Crippen LogP contribution < -0.4 is 10.5 Å². The van der Waals surface area contributed by atoms with E-state index in [9.17, 15) is 27.9 Å². The van der Waals surface area contributed by atoms with E-state index in [4.69, 9.17) is 5.14 Å². The normalized spacial score (nSPS) is 12.3. The van der Waals surface area contributed by atoms with Gasteiger partial charge in [-0.3, -0.25) is 9.59 Å². The molecule has 4 N–H and O–H groups in total. The number of sulfonamides is 1.